The molecule has 2 rings (SSSR count). The molecule has 23 heavy (non-hydrogen) atoms. The third kappa shape index (κ3) is 5.32. The van der Waals surface area contributed by atoms with Gasteiger partial charge in [-0.1, -0.05) is 39.0 Å². The van der Waals surface area contributed by atoms with Gasteiger partial charge in [-0.3, -0.25) is 4.79 Å². The zero-order valence-electron chi connectivity index (χ0n) is 14.1. The quantitative estimate of drug-likeness (QED) is 0.917. The second-order valence-corrected chi connectivity index (χ2v) is 9.04. The molecule has 6 heteroatoms. The Morgan fingerprint density at radius 3 is 2.26 bits per heavy atom. The molecule has 1 N–H and O–H groups in total. The van der Waals surface area contributed by atoms with Crippen LogP contribution in [0.15, 0.2) is 35.2 Å². The van der Waals surface area contributed by atoms with Crippen LogP contribution in [0.1, 0.15) is 40.0 Å². The van der Waals surface area contributed by atoms with Crippen LogP contribution < -0.4 is 4.72 Å². The minimum atomic E-state index is -3.48. The monoisotopic (exact) mass is 338 g/mol. The van der Waals surface area contributed by atoms with Gasteiger partial charge in [0.1, 0.15) is 0 Å². The van der Waals surface area contributed by atoms with E-state index in [1.807, 2.05) is 25.7 Å². The van der Waals surface area contributed by atoms with E-state index in [4.69, 9.17) is 0 Å². The van der Waals surface area contributed by atoms with Crippen LogP contribution >= 0.6 is 0 Å². The van der Waals surface area contributed by atoms with Gasteiger partial charge in [0.2, 0.25) is 15.9 Å². The minimum absolute atomic E-state index is 0.0250. The third-order valence-electron chi connectivity index (χ3n) is 3.90. The topological polar surface area (TPSA) is 66.5 Å². The van der Waals surface area contributed by atoms with Crippen molar-refractivity contribution in [2.75, 3.05) is 13.1 Å². The van der Waals surface area contributed by atoms with Crippen LogP contribution in [0.2, 0.25) is 0 Å². The highest BCUT2D eigenvalue weighted by Crippen LogP contribution is 2.22. The van der Waals surface area contributed by atoms with Crippen LogP contribution in [-0.4, -0.2) is 38.4 Å². The fourth-order valence-electron chi connectivity index (χ4n) is 2.70. The van der Waals surface area contributed by atoms with Crippen LogP contribution in [-0.2, 0) is 14.8 Å². The molecule has 1 saturated heterocycles. The Bertz CT molecular complexity index is 628. The number of carbonyl (C=O) groups excluding carboxylic acids is 1. The molecule has 0 atom stereocenters. The van der Waals surface area contributed by atoms with E-state index in [-0.39, 0.29) is 22.3 Å². The summed E-state index contributed by atoms with van der Waals surface area (Å²) in [6.45, 7) is 7.36. The van der Waals surface area contributed by atoms with Crippen molar-refractivity contribution in [2.45, 2.75) is 51.0 Å². The second-order valence-electron chi connectivity index (χ2n) is 7.33. The van der Waals surface area contributed by atoms with Gasteiger partial charge in [-0.25, -0.2) is 13.1 Å². The van der Waals surface area contributed by atoms with E-state index in [1.54, 1.807) is 30.3 Å². The highest BCUT2D eigenvalue weighted by atomic mass is 32.2. The van der Waals surface area contributed by atoms with Gasteiger partial charge < -0.3 is 4.90 Å². The lowest BCUT2D eigenvalue weighted by molar-refractivity contribution is -0.134. The number of benzene rings is 1. The Kier molecular flexibility index (Phi) is 5.47. The minimum Gasteiger partial charge on any atom is -0.343 e. The largest absolute Gasteiger partial charge is 0.343 e. The van der Waals surface area contributed by atoms with Gasteiger partial charge >= 0.3 is 0 Å². The SMILES string of the molecule is CC(C)(C)CC(=O)N1CCC(NS(=O)(=O)c2ccccc2)CC1. The highest BCUT2D eigenvalue weighted by Gasteiger charge is 2.28. The number of carbonyl (C=O) groups is 1. The van der Waals surface area contributed by atoms with Crippen molar-refractivity contribution in [3.8, 4) is 0 Å². The molecule has 0 bridgehead atoms. The lowest BCUT2D eigenvalue weighted by atomic mass is 9.91. The second kappa shape index (κ2) is 7.01. The number of nitrogens with zero attached hydrogens (tertiary/aromatic N) is 1. The molecule has 0 unspecified atom stereocenters. The number of nitrogens with one attached hydrogen (secondary N) is 1. The number of sulfonamides is 1. The van der Waals surface area contributed by atoms with Crippen molar-refractivity contribution in [2.24, 2.45) is 5.41 Å². The molecule has 0 aromatic heterocycles. The standard InChI is InChI=1S/C17H26N2O3S/c1-17(2,3)13-16(20)19-11-9-14(10-12-19)18-23(21,22)15-7-5-4-6-8-15/h4-8,14,18H,9-13H2,1-3H3. The fraction of sp³-hybridized carbons (Fsp3) is 0.588. The van der Waals surface area contributed by atoms with Crippen LogP contribution in [0.3, 0.4) is 0 Å². The summed E-state index contributed by atoms with van der Waals surface area (Å²) in [6, 6.07) is 8.27. The Morgan fingerprint density at radius 2 is 1.74 bits per heavy atom. The van der Waals surface area contributed by atoms with Crippen LogP contribution in [0.25, 0.3) is 0 Å². The van der Waals surface area contributed by atoms with E-state index in [0.717, 1.165) is 0 Å². The van der Waals surface area contributed by atoms with Gasteiger partial charge in [-0.2, -0.15) is 0 Å². The molecule has 128 valence electrons. The Balaban J connectivity index is 1.89. The Hall–Kier alpha value is -1.40. The van der Waals surface area contributed by atoms with E-state index in [2.05, 4.69) is 4.72 Å². The summed E-state index contributed by atoms with van der Waals surface area (Å²) in [6.07, 6.45) is 1.83. The summed E-state index contributed by atoms with van der Waals surface area (Å²) in [5.41, 5.74) is -0.0250. The first-order valence-corrected chi connectivity index (χ1v) is 9.51. The first-order chi connectivity index (χ1) is 10.7. The molecule has 0 radical (unpaired) electrons. The van der Waals surface area contributed by atoms with Crippen molar-refractivity contribution in [1.82, 2.24) is 9.62 Å². The lowest BCUT2D eigenvalue weighted by Crippen LogP contribution is -2.47. The summed E-state index contributed by atoms with van der Waals surface area (Å²) in [5, 5.41) is 0. The summed E-state index contributed by atoms with van der Waals surface area (Å²) in [7, 11) is -3.48. The molecular weight excluding hydrogens is 312 g/mol. The van der Waals surface area contributed by atoms with E-state index in [1.165, 1.54) is 0 Å². The van der Waals surface area contributed by atoms with Gasteiger partial charge in [0.15, 0.2) is 0 Å². The zero-order valence-corrected chi connectivity index (χ0v) is 14.9. The predicted molar refractivity (Wildman–Crippen MR) is 90.4 cm³/mol. The fourth-order valence-corrected chi connectivity index (χ4v) is 4.03. The molecule has 0 spiro atoms. The lowest BCUT2D eigenvalue weighted by Gasteiger charge is -2.33. The molecular formula is C17H26N2O3S. The third-order valence-corrected chi connectivity index (χ3v) is 5.44. The van der Waals surface area contributed by atoms with Gasteiger partial charge in [0.05, 0.1) is 4.90 Å². The van der Waals surface area contributed by atoms with Crippen LogP contribution in [0, 0.1) is 5.41 Å². The highest BCUT2D eigenvalue weighted by molar-refractivity contribution is 7.89. The van der Waals surface area contributed by atoms with E-state index in [9.17, 15) is 13.2 Å². The smallest absolute Gasteiger partial charge is 0.240 e. The molecule has 1 fully saturated rings. The van der Waals surface area contributed by atoms with E-state index < -0.39 is 10.0 Å². The number of amides is 1. The molecule has 1 amide bonds. The number of hydrogen-bond donors (Lipinski definition) is 1. The van der Waals surface area contributed by atoms with Crippen molar-refractivity contribution in [3.63, 3.8) is 0 Å². The normalized spacial score (nSPS) is 17.3. The maximum Gasteiger partial charge on any atom is 0.240 e. The number of piperidine rings is 1. The Morgan fingerprint density at radius 1 is 1.17 bits per heavy atom. The number of hydrogen-bond acceptors (Lipinski definition) is 3. The molecule has 1 aliphatic rings. The molecule has 1 heterocycles. The summed E-state index contributed by atoms with van der Waals surface area (Å²) in [5.74, 6) is 0.155. The van der Waals surface area contributed by atoms with E-state index >= 15 is 0 Å². The first-order valence-electron chi connectivity index (χ1n) is 8.02. The average molecular weight is 338 g/mol. The molecule has 0 saturated carbocycles. The molecule has 1 aromatic rings. The van der Waals surface area contributed by atoms with Crippen LogP contribution in [0.4, 0.5) is 0 Å². The average Bonchev–Trinajstić information content (AvgIpc) is 2.47. The first kappa shape index (κ1) is 17.9. The van der Waals surface area contributed by atoms with Crippen molar-refractivity contribution < 1.29 is 13.2 Å². The van der Waals surface area contributed by atoms with Crippen LogP contribution in [0.5, 0.6) is 0 Å². The van der Waals surface area contributed by atoms with Gasteiger partial charge in [0, 0.05) is 25.6 Å². The van der Waals surface area contributed by atoms with Gasteiger partial charge in [-0.05, 0) is 30.4 Å². The Labute approximate surface area is 139 Å². The summed E-state index contributed by atoms with van der Waals surface area (Å²) >= 11 is 0. The summed E-state index contributed by atoms with van der Waals surface area (Å²) < 4.78 is 27.4. The molecule has 5 nitrogen and oxygen atoms in total. The van der Waals surface area contributed by atoms with Gasteiger partial charge in [0.25, 0.3) is 0 Å². The molecule has 1 aliphatic heterocycles. The maximum atomic E-state index is 12.3. The van der Waals surface area contributed by atoms with Crippen molar-refractivity contribution >= 4 is 15.9 Å². The molecule has 0 aliphatic carbocycles. The number of likely N-dealkylation sites (tertiary alicyclic amines) is 1. The summed E-state index contributed by atoms with van der Waals surface area (Å²) in [4.78, 5) is 14.3. The van der Waals surface area contributed by atoms with E-state index in [0.29, 0.717) is 32.4 Å². The van der Waals surface area contributed by atoms with Crippen molar-refractivity contribution in [3.05, 3.63) is 30.3 Å². The maximum absolute atomic E-state index is 12.3. The number of rotatable bonds is 4. The molecule has 1 aromatic carbocycles. The van der Waals surface area contributed by atoms with Crippen molar-refractivity contribution in [1.29, 1.82) is 0 Å². The van der Waals surface area contributed by atoms with Gasteiger partial charge in [-0.15, -0.1) is 0 Å². The zero-order chi connectivity index (χ0) is 17.1. The predicted octanol–water partition coefficient (Wildman–Crippen LogP) is 2.39.